The topological polar surface area (TPSA) is 103 Å². The van der Waals surface area contributed by atoms with Gasteiger partial charge in [0.15, 0.2) is 0 Å². The van der Waals surface area contributed by atoms with Crippen LogP contribution in [0.5, 0.6) is 0 Å². The van der Waals surface area contributed by atoms with E-state index >= 15 is 0 Å². The molecular weight excluding hydrogens is 440 g/mol. The lowest BCUT2D eigenvalue weighted by Crippen LogP contribution is -2.45. The van der Waals surface area contributed by atoms with Crippen LogP contribution in [0.4, 0.5) is 4.79 Å². The van der Waals surface area contributed by atoms with Gasteiger partial charge in [-0.2, -0.15) is 0 Å². The lowest BCUT2D eigenvalue weighted by atomic mass is 10.1. The van der Waals surface area contributed by atoms with Crippen LogP contribution in [0.2, 0.25) is 0 Å². The van der Waals surface area contributed by atoms with Crippen molar-refractivity contribution in [1.29, 1.82) is 0 Å². The first-order chi connectivity index (χ1) is 16.1. The number of nitrogens with one attached hydrogen (secondary N) is 1. The molecule has 34 heavy (non-hydrogen) atoms. The Morgan fingerprint density at radius 2 is 1.88 bits per heavy atom. The molecule has 9 nitrogen and oxygen atoms in total. The van der Waals surface area contributed by atoms with E-state index in [-0.39, 0.29) is 31.9 Å². The minimum atomic E-state index is -0.833. The summed E-state index contributed by atoms with van der Waals surface area (Å²) in [5.74, 6) is -0.950. The summed E-state index contributed by atoms with van der Waals surface area (Å²) in [6, 6.07) is 9.30. The molecule has 1 aromatic rings. The second-order valence-electron chi connectivity index (χ2n) is 9.44. The van der Waals surface area contributed by atoms with Crippen LogP contribution < -0.4 is 5.32 Å². The summed E-state index contributed by atoms with van der Waals surface area (Å²) in [6.07, 6.45) is 0.436. The monoisotopic (exact) mass is 478 g/mol. The van der Waals surface area contributed by atoms with E-state index in [1.165, 1.54) is 0 Å². The minimum absolute atomic E-state index is 0.182. The number of nitrogens with zero attached hydrogens (tertiary/aromatic N) is 1. The van der Waals surface area contributed by atoms with E-state index in [2.05, 4.69) is 5.32 Å². The average Bonchev–Trinajstić information content (AvgIpc) is 3.26. The molecule has 1 aliphatic rings. The van der Waals surface area contributed by atoms with Crippen LogP contribution >= 0.6 is 0 Å². The Labute approximate surface area is 202 Å². The first kappa shape index (κ1) is 27.6. The number of carbonyl (C=O) groups is 3. The molecule has 1 heterocycles. The largest absolute Gasteiger partial charge is 0.459 e. The molecular formula is C25H38N2O7. The molecule has 0 spiro atoms. The Hall–Kier alpha value is -2.65. The molecule has 3 atom stereocenters. The number of likely N-dealkylation sites (tertiary alicyclic amines) is 1. The fourth-order valence-corrected chi connectivity index (χ4v) is 3.58. The number of amides is 2. The number of methoxy groups -OCH3 is 1. The summed E-state index contributed by atoms with van der Waals surface area (Å²) in [5, 5.41) is 2.58. The Bertz CT molecular complexity index is 794. The lowest BCUT2D eigenvalue weighted by Gasteiger charge is -2.27. The zero-order chi connectivity index (χ0) is 25.1. The average molecular weight is 479 g/mol. The van der Waals surface area contributed by atoms with Gasteiger partial charge >= 0.3 is 12.1 Å². The molecule has 2 unspecified atom stereocenters. The number of rotatable bonds is 11. The highest BCUT2D eigenvalue weighted by Gasteiger charge is 2.32. The number of carbonyl (C=O) groups excluding carboxylic acids is 3. The van der Waals surface area contributed by atoms with Crippen LogP contribution in [0.15, 0.2) is 30.3 Å². The van der Waals surface area contributed by atoms with E-state index < -0.39 is 29.7 Å². The summed E-state index contributed by atoms with van der Waals surface area (Å²) in [4.78, 5) is 39.0. The third kappa shape index (κ3) is 9.69. The molecule has 0 saturated carbocycles. The second-order valence-corrected chi connectivity index (χ2v) is 9.44. The minimum Gasteiger partial charge on any atom is -0.459 e. The van der Waals surface area contributed by atoms with Crippen LogP contribution in [-0.2, 0) is 35.1 Å². The molecule has 1 saturated heterocycles. The van der Waals surface area contributed by atoms with E-state index in [1.54, 1.807) is 32.8 Å². The van der Waals surface area contributed by atoms with Gasteiger partial charge in [0.2, 0.25) is 5.91 Å². The van der Waals surface area contributed by atoms with Gasteiger partial charge in [-0.15, -0.1) is 0 Å². The van der Waals surface area contributed by atoms with E-state index in [0.717, 1.165) is 18.4 Å². The number of hydrogen-bond acceptors (Lipinski definition) is 7. The molecule has 2 rings (SSSR count). The molecule has 0 bridgehead atoms. The van der Waals surface area contributed by atoms with Gasteiger partial charge in [-0.25, -0.2) is 4.79 Å². The molecule has 1 aliphatic heterocycles. The van der Waals surface area contributed by atoms with Gasteiger partial charge in [0.25, 0.3) is 0 Å². The fourth-order valence-electron chi connectivity index (χ4n) is 3.58. The van der Waals surface area contributed by atoms with Crippen molar-refractivity contribution in [2.75, 3.05) is 26.8 Å². The van der Waals surface area contributed by atoms with Crippen LogP contribution in [0.1, 0.15) is 52.5 Å². The highest BCUT2D eigenvalue weighted by atomic mass is 16.6. The van der Waals surface area contributed by atoms with E-state index in [4.69, 9.17) is 18.9 Å². The molecule has 1 N–H and O–H groups in total. The van der Waals surface area contributed by atoms with Crippen LogP contribution in [-0.4, -0.2) is 73.5 Å². The third-order valence-electron chi connectivity index (χ3n) is 5.37. The van der Waals surface area contributed by atoms with Crippen molar-refractivity contribution >= 4 is 18.0 Å². The lowest BCUT2D eigenvalue weighted by molar-refractivity contribution is -0.155. The van der Waals surface area contributed by atoms with Crippen LogP contribution in [0.3, 0.4) is 0 Å². The van der Waals surface area contributed by atoms with Crippen molar-refractivity contribution in [1.82, 2.24) is 10.2 Å². The molecule has 190 valence electrons. The fraction of sp³-hybridized carbons (Fsp3) is 0.640. The van der Waals surface area contributed by atoms with E-state index in [1.807, 2.05) is 37.3 Å². The second kappa shape index (κ2) is 13.3. The number of hydrogen-bond donors (Lipinski definition) is 1. The Kier molecular flexibility index (Phi) is 10.8. The van der Waals surface area contributed by atoms with E-state index in [0.29, 0.717) is 13.0 Å². The van der Waals surface area contributed by atoms with Gasteiger partial charge in [0.05, 0.1) is 18.8 Å². The molecule has 0 aromatic heterocycles. The van der Waals surface area contributed by atoms with Crippen molar-refractivity contribution in [3.63, 3.8) is 0 Å². The Morgan fingerprint density at radius 1 is 1.18 bits per heavy atom. The van der Waals surface area contributed by atoms with Crippen molar-refractivity contribution in [3.8, 4) is 0 Å². The maximum absolute atomic E-state index is 12.7. The summed E-state index contributed by atoms with van der Waals surface area (Å²) in [5.41, 5.74) is 0.279. The van der Waals surface area contributed by atoms with Crippen molar-refractivity contribution in [3.05, 3.63) is 35.9 Å². The SMILES string of the molecule is COC(C)C[C@H](OCC1CCCN1C(=O)OCc1ccccc1)C(=O)NCC(=O)OC(C)(C)C. The molecule has 1 aromatic carbocycles. The first-order valence-corrected chi connectivity index (χ1v) is 11.7. The van der Waals surface area contributed by atoms with Gasteiger partial charge in [-0.1, -0.05) is 30.3 Å². The van der Waals surface area contributed by atoms with E-state index in [9.17, 15) is 14.4 Å². The van der Waals surface area contributed by atoms with Crippen molar-refractivity contribution < 1.29 is 33.3 Å². The summed E-state index contributed by atoms with van der Waals surface area (Å²) >= 11 is 0. The quantitative estimate of drug-likeness (QED) is 0.488. The van der Waals surface area contributed by atoms with Gasteiger partial charge in [0, 0.05) is 20.1 Å². The zero-order valence-corrected chi connectivity index (χ0v) is 20.9. The highest BCUT2D eigenvalue weighted by molar-refractivity contribution is 5.85. The van der Waals surface area contributed by atoms with Gasteiger partial charge in [-0.05, 0) is 46.1 Å². The predicted octanol–water partition coefficient (Wildman–Crippen LogP) is 3.06. The maximum atomic E-state index is 12.7. The normalized spacial score (nSPS) is 17.7. The third-order valence-corrected chi connectivity index (χ3v) is 5.37. The Morgan fingerprint density at radius 3 is 2.53 bits per heavy atom. The summed E-state index contributed by atoms with van der Waals surface area (Å²) in [6.45, 7) is 7.82. The molecule has 0 aliphatic carbocycles. The van der Waals surface area contributed by atoms with Crippen LogP contribution in [0, 0.1) is 0 Å². The number of ether oxygens (including phenoxy) is 4. The first-order valence-electron chi connectivity index (χ1n) is 11.7. The maximum Gasteiger partial charge on any atom is 0.410 e. The van der Waals surface area contributed by atoms with Gasteiger partial charge < -0.3 is 29.2 Å². The Balaban J connectivity index is 1.89. The number of esters is 1. The summed E-state index contributed by atoms with van der Waals surface area (Å²) < 4.78 is 21.9. The molecule has 9 heteroatoms. The summed E-state index contributed by atoms with van der Waals surface area (Å²) in [7, 11) is 1.56. The van der Waals surface area contributed by atoms with Crippen LogP contribution in [0.25, 0.3) is 0 Å². The molecule has 1 fully saturated rings. The zero-order valence-electron chi connectivity index (χ0n) is 20.9. The van der Waals surface area contributed by atoms with Gasteiger partial charge in [0.1, 0.15) is 24.9 Å². The van der Waals surface area contributed by atoms with Crippen molar-refractivity contribution in [2.24, 2.45) is 0 Å². The number of benzene rings is 1. The molecule has 0 radical (unpaired) electrons. The highest BCUT2D eigenvalue weighted by Crippen LogP contribution is 2.20. The molecule has 2 amide bonds. The smallest absolute Gasteiger partial charge is 0.410 e. The standard InChI is InChI=1S/C25H38N2O7/c1-18(31-5)14-21(23(29)26-15-22(28)34-25(2,3)4)32-17-20-12-9-13-27(20)24(30)33-16-19-10-7-6-8-11-19/h6-8,10-11,18,20-21H,9,12-17H2,1-5H3,(H,26,29)/t18?,20?,21-/m0/s1. The van der Waals surface area contributed by atoms with Crippen molar-refractivity contribution in [2.45, 2.75) is 77.4 Å². The predicted molar refractivity (Wildman–Crippen MR) is 126 cm³/mol. The van der Waals surface area contributed by atoms with Gasteiger partial charge in [-0.3, -0.25) is 9.59 Å².